The van der Waals surface area contributed by atoms with Crippen molar-refractivity contribution < 1.29 is 24.4 Å². The lowest BCUT2D eigenvalue weighted by Gasteiger charge is -2.30. The first kappa shape index (κ1) is 24.4. The van der Waals surface area contributed by atoms with E-state index in [1.54, 1.807) is 24.5 Å². The van der Waals surface area contributed by atoms with Crippen LogP contribution < -0.4 is 9.97 Å². The minimum absolute atomic E-state index is 0.0418. The molecule has 1 aromatic carbocycles. The summed E-state index contributed by atoms with van der Waals surface area (Å²) in [7, 11) is -1.17. The van der Waals surface area contributed by atoms with E-state index in [9.17, 15) is 19.7 Å². The number of ketones is 1. The zero-order valence-electron chi connectivity index (χ0n) is 19.4. The molecule has 0 bridgehead atoms. The molecule has 2 aromatic rings. The Hall–Kier alpha value is -2.78. The van der Waals surface area contributed by atoms with Crippen LogP contribution in [0.3, 0.4) is 0 Å². The van der Waals surface area contributed by atoms with Crippen LogP contribution in [0.15, 0.2) is 36.7 Å². The smallest absolute Gasteiger partial charge is 0.526 e. The third-order valence-corrected chi connectivity index (χ3v) is 6.93. The molecule has 1 aliphatic carbocycles. The van der Waals surface area contributed by atoms with Crippen LogP contribution >= 0.6 is 0 Å². The van der Waals surface area contributed by atoms with Gasteiger partial charge in [0.05, 0.1) is 5.56 Å². The molecule has 0 amide bonds. The molecule has 0 unspecified atom stereocenters. The first-order chi connectivity index (χ1) is 16.5. The number of benzene rings is 1. The summed E-state index contributed by atoms with van der Waals surface area (Å²) in [6.07, 6.45) is 10.8. The largest absolute Gasteiger partial charge is 0.535 e. The van der Waals surface area contributed by atoms with Crippen molar-refractivity contribution >= 4 is 18.9 Å². The molecule has 1 aromatic heterocycles. The Kier molecular flexibility index (Phi) is 8.29. The van der Waals surface area contributed by atoms with Crippen molar-refractivity contribution in [2.24, 2.45) is 5.92 Å². The zero-order chi connectivity index (χ0) is 23.9. The van der Waals surface area contributed by atoms with Crippen molar-refractivity contribution in [1.29, 1.82) is 0 Å². The molecular weight excluding hydrogens is 433 g/mol. The molecule has 4 rings (SSSR count). The van der Waals surface area contributed by atoms with Gasteiger partial charge in [0, 0.05) is 43.5 Å². The van der Waals surface area contributed by atoms with Crippen LogP contribution in [0.1, 0.15) is 66.7 Å². The summed E-state index contributed by atoms with van der Waals surface area (Å²) in [5.41, 5.74) is 0.772. The maximum atomic E-state index is 12.8. The molecular formula is C25H32BN3O5. The summed E-state index contributed by atoms with van der Waals surface area (Å²) in [6, 6.07) is 7.25. The van der Waals surface area contributed by atoms with Crippen molar-refractivity contribution in [1.82, 2.24) is 15.3 Å². The Morgan fingerprint density at radius 3 is 2.59 bits per heavy atom. The lowest BCUT2D eigenvalue weighted by atomic mass is 9.64. The molecule has 1 saturated carbocycles. The summed E-state index contributed by atoms with van der Waals surface area (Å²) in [5.74, 6) is 0.184. The summed E-state index contributed by atoms with van der Waals surface area (Å²) >= 11 is 0. The molecule has 9 heteroatoms. The van der Waals surface area contributed by atoms with Gasteiger partial charge in [0.1, 0.15) is 17.4 Å². The predicted molar refractivity (Wildman–Crippen MR) is 128 cm³/mol. The van der Waals surface area contributed by atoms with E-state index in [0.717, 1.165) is 56.5 Å². The SMILES string of the molecule is O=C(CC1CCC(NCCCc2ncccn2)CC1)C[C@H]1Cc2cccc(C(=O)O)c2OB1O. The number of hydrogen-bond donors (Lipinski definition) is 3. The standard InChI is InChI=1S/C25H32BN3O5/c30-21(16-19-15-18-4-1-5-22(25(31)32)24(18)34-26(19)33)14-17-7-9-20(10-8-17)27-11-2-6-23-28-12-3-13-29-23/h1,3-5,12-13,17,19-20,27,33H,2,6-11,14-16H2,(H,31,32)/t17?,19-,20?/m1/s1. The number of carbonyl (C=O) groups excluding carboxylic acids is 1. The number of rotatable bonds is 10. The number of carboxylic acid groups (broad SMARTS) is 1. The van der Waals surface area contributed by atoms with E-state index in [1.807, 2.05) is 6.07 Å². The maximum absolute atomic E-state index is 12.8. The quantitative estimate of drug-likeness (QED) is 0.362. The predicted octanol–water partition coefficient (Wildman–Crippen LogP) is 3.09. The molecule has 3 N–H and O–H groups in total. The third-order valence-electron chi connectivity index (χ3n) is 6.93. The average Bonchev–Trinajstić information content (AvgIpc) is 2.83. The van der Waals surface area contributed by atoms with Crippen molar-refractivity contribution in [2.75, 3.05) is 6.54 Å². The summed E-state index contributed by atoms with van der Waals surface area (Å²) in [6.45, 7) is 0.942. The zero-order valence-corrected chi connectivity index (χ0v) is 19.4. The van der Waals surface area contributed by atoms with Crippen LogP contribution in [0.2, 0.25) is 5.82 Å². The average molecular weight is 465 g/mol. The van der Waals surface area contributed by atoms with Crippen LogP contribution in [0, 0.1) is 5.92 Å². The monoisotopic (exact) mass is 465 g/mol. The highest BCUT2D eigenvalue weighted by molar-refractivity contribution is 6.47. The lowest BCUT2D eigenvalue weighted by molar-refractivity contribution is -0.120. The van der Waals surface area contributed by atoms with Gasteiger partial charge >= 0.3 is 13.1 Å². The fraction of sp³-hybridized carbons (Fsp3) is 0.520. The third kappa shape index (κ3) is 6.42. The summed E-state index contributed by atoms with van der Waals surface area (Å²) in [5, 5.41) is 23.4. The van der Waals surface area contributed by atoms with Gasteiger partial charge in [0.2, 0.25) is 0 Å². The second-order valence-electron chi connectivity index (χ2n) is 9.46. The number of hydrogen-bond acceptors (Lipinski definition) is 7. The van der Waals surface area contributed by atoms with Crippen molar-refractivity contribution in [3.05, 3.63) is 53.6 Å². The Morgan fingerprint density at radius 1 is 1.09 bits per heavy atom. The highest BCUT2D eigenvalue weighted by atomic mass is 16.5. The molecule has 1 atom stereocenters. The topological polar surface area (TPSA) is 122 Å². The number of para-hydroxylation sites is 1. The second kappa shape index (κ2) is 11.6. The molecule has 180 valence electrons. The first-order valence-corrected chi connectivity index (χ1v) is 12.2. The number of fused-ring (bicyclic) bond motifs is 1. The van der Waals surface area contributed by atoms with Gasteiger partial charge in [0.15, 0.2) is 0 Å². The minimum atomic E-state index is -1.17. The van der Waals surface area contributed by atoms with Gasteiger partial charge < -0.3 is 20.1 Å². The Bertz CT molecular complexity index is 982. The molecule has 1 fully saturated rings. The number of aromatic nitrogens is 2. The number of aryl methyl sites for hydroxylation is 1. The van der Waals surface area contributed by atoms with Crippen LogP contribution in [0.25, 0.3) is 0 Å². The van der Waals surface area contributed by atoms with E-state index in [1.165, 1.54) is 6.07 Å². The van der Waals surface area contributed by atoms with Crippen LogP contribution in [0.5, 0.6) is 5.75 Å². The fourth-order valence-corrected chi connectivity index (χ4v) is 5.11. The van der Waals surface area contributed by atoms with E-state index >= 15 is 0 Å². The van der Waals surface area contributed by atoms with Crippen molar-refractivity contribution in [3.8, 4) is 5.75 Å². The Balaban J connectivity index is 1.17. The normalized spacial score (nSPS) is 22.0. The molecule has 34 heavy (non-hydrogen) atoms. The van der Waals surface area contributed by atoms with Gasteiger partial charge in [0.25, 0.3) is 0 Å². The van der Waals surface area contributed by atoms with E-state index in [-0.39, 0.29) is 29.3 Å². The van der Waals surface area contributed by atoms with E-state index < -0.39 is 13.1 Å². The highest BCUT2D eigenvalue weighted by Gasteiger charge is 2.38. The second-order valence-corrected chi connectivity index (χ2v) is 9.46. The molecule has 8 nitrogen and oxygen atoms in total. The van der Waals surface area contributed by atoms with Crippen LogP contribution in [-0.2, 0) is 17.6 Å². The fourth-order valence-electron chi connectivity index (χ4n) is 5.11. The van der Waals surface area contributed by atoms with Gasteiger partial charge in [-0.3, -0.25) is 4.79 Å². The molecule has 1 aliphatic heterocycles. The highest BCUT2D eigenvalue weighted by Crippen LogP contribution is 2.37. The molecule has 2 aliphatic rings. The number of carbonyl (C=O) groups is 2. The van der Waals surface area contributed by atoms with E-state index in [4.69, 9.17) is 4.65 Å². The lowest BCUT2D eigenvalue weighted by Crippen LogP contribution is -2.36. The molecule has 0 radical (unpaired) electrons. The van der Waals surface area contributed by atoms with E-state index in [2.05, 4.69) is 15.3 Å². The summed E-state index contributed by atoms with van der Waals surface area (Å²) < 4.78 is 5.52. The van der Waals surface area contributed by atoms with Gasteiger partial charge in [-0.25, -0.2) is 14.8 Å². The van der Waals surface area contributed by atoms with Gasteiger partial charge in [-0.05, 0) is 68.7 Å². The Morgan fingerprint density at radius 2 is 1.85 bits per heavy atom. The Labute approximate surface area is 200 Å². The van der Waals surface area contributed by atoms with Crippen LogP contribution in [-0.4, -0.2) is 51.6 Å². The van der Waals surface area contributed by atoms with Gasteiger partial charge in [-0.1, -0.05) is 12.1 Å². The summed E-state index contributed by atoms with van der Waals surface area (Å²) in [4.78, 5) is 32.6. The van der Waals surface area contributed by atoms with Gasteiger partial charge in [-0.2, -0.15) is 0 Å². The van der Waals surface area contributed by atoms with E-state index in [0.29, 0.717) is 24.8 Å². The number of nitrogens with zero attached hydrogens (tertiary/aromatic N) is 2. The van der Waals surface area contributed by atoms with Crippen molar-refractivity contribution in [2.45, 2.75) is 69.6 Å². The molecule has 2 heterocycles. The number of aromatic carboxylic acids is 1. The maximum Gasteiger partial charge on any atom is 0.526 e. The van der Waals surface area contributed by atoms with Gasteiger partial charge in [-0.15, -0.1) is 0 Å². The van der Waals surface area contributed by atoms with Crippen molar-refractivity contribution in [3.63, 3.8) is 0 Å². The minimum Gasteiger partial charge on any atom is -0.535 e. The first-order valence-electron chi connectivity index (χ1n) is 12.2. The number of Topliss-reactive ketones (excluding diaryl/α,β-unsaturated/α-hetero) is 1. The number of carboxylic acids is 1. The van der Waals surface area contributed by atoms with Crippen LogP contribution in [0.4, 0.5) is 0 Å². The molecule has 0 saturated heterocycles. The number of nitrogens with one attached hydrogen (secondary N) is 1. The molecule has 0 spiro atoms.